The van der Waals surface area contributed by atoms with E-state index in [2.05, 4.69) is 10.4 Å². The number of nitrogens with zero attached hydrogens (tertiary/aromatic N) is 2. The van der Waals surface area contributed by atoms with Crippen LogP contribution in [0.1, 0.15) is 43.0 Å². The zero-order chi connectivity index (χ0) is 23.4. The quantitative estimate of drug-likeness (QED) is 0.474. The molecule has 0 fully saturated rings. The number of anilines is 1. The van der Waals surface area contributed by atoms with E-state index in [1.54, 1.807) is 13.8 Å². The minimum atomic E-state index is -0.721. The number of primary amides is 1. The molecule has 3 N–H and O–H groups in total. The summed E-state index contributed by atoms with van der Waals surface area (Å²) >= 11 is 6.59. The number of hydrogen-bond acceptors (Lipinski definition) is 7. The first kappa shape index (κ1) is 23.2. The Morgan fingerprint density at radius 3 is 2.72 bits per heavy atom. The predicted molar refractivity (Wildman–Crippen MR) is 116 cm³/mol. The summed E-state index contributed by atoms with van der Waals surface area (Å²) in [5.74, 6) is -2.26. The van der Waals surface area contributed by atoms with E-state index in [9.17, 15) is 18.8 Å². The van der Waals surface area contributed by atoms with Crippen molar-refractivity contribution in [3.8, 4) is 5.75 Å². The molecule has 2 amide bonds. The van der Waals surface area contributed by atoms with E-state index >= 15 is 0 Å². The summed E-state index contributed by atoms with van der Waals surface area (Å²) in [7, 11) is 0. The molecule has 12 heteroatoms. The van der Waals surface area contributed by atoms with Gasteiger partial charge in [0.15, 0.2) is 12.4 Å². The minimum absolute atomic E-state index is 0.0345. The summed E-state index contributed by atoms with van der Waals surface area (Å²) in [6.07, 6.45) is 1.50. The Balaban J connectivity index is 1.74. The number of carbonyl (C=O) groups is 3. The van der Waals surface area contributed by atoms with Crippen LogP contribution in [-0.4, -0.2) is 34.2 Å². The van der Waals surface area contributed by atoms with Gasteiger partial charge >= 0.3 is 5.97 Å². The maximum absolute atomic E-state index is 13.2. The smallest absolute Gasteiger partial charge is 0.341 e. The Hall–Kier alpha value is -3.44. The number of thiophene rings is 1. The molecule has 0 unspecified atom stereocenters. The zero-order valence-corrected chi connectivity index (χ0v) is 18.6. The van der Waals surface area contributed by atoms with Gasteiger partial charge in [-0.05, 0) is 37.6 Å². The van der Waals surface area contributed by atoms with Gasteiger partial charge in [0.2, 0.25) is 0 Å². The lowest BCUT2D eigenvalue weighted by molar-refractivity contribution is 0.0527. The second kappa shape index (κ2) is 9.79. The molecule has 32 heavy (non-hydrogen) atoms. The second-order valence-corrected chi connectivity index (χ2v) is 7.82. The zero-order valence-electron chi connectivity index (χ0n) is 17.0. The van der Waals surface area contributed by atoms with Gasteiger partial charge < -0.3 is 20.5 Å². The van der Waals surface area contributed by atoms with Gasteiger partial charge in [-0.25, -0.2) is 13.9 Å². The number of carbonyl (C=O) groups excluding carboxylic acids is 3. The molecule has 9 nitrogen and oxygen atoms in total. The summed E-state index contributed by atoms with van der Waals surface area (Å²) in [4.78, 5) is 36.8. The molecule has 0 saturated carbocycles. The SMILES string of the molecule is CCOC(=O)c1c(NC(=O)c2ccn(COc3ccc(F)c(Cl)c3)n2)sc(C(N)=O)c1C. The molecule has 3 rings (SSSR count). The standard InChI is InChI=1S/C20H18ClFN4O5S/c1-3-30-20(29)15-10(2)16(17(23)27)32-19(15)24-18(28)14-6-7-26(25-14)9-31-11-4-5-13(22)12(21)8-11/h4-8H,3,9H2,1-2H3,(H2,23,27)(H,24,28). The molecule has 2 heterocycles. The van der Waals surface area contributed by atoms with Gasteiger partial charge in [-0.15, -0.1) is 11.3 Å². The molecule has 0 spiro atoms. The number of esters is 1. The Labute approximate surface area is 190 Å². The van der Waals surface area contributed by atoms with Crippen molar-refractivity contribution in [3.05, 3.63) is 63.0 Å². The van der Waals surface area contributed by atoms with Crippen LogP contribution in [0.3, 0.4) is 0 Å². The topological polar surface area (TPSA) is 126 Å². The van der Waals surface area contributed by atoms with Gasteiger partial charge in [-0.3, -0.25) is 9.59 Å². The molecule has 0 bridgehead atoms. The van der Waals surface area contributed by atoms with Crippen molar-refractivity contribution in [1.29, 1.82) is 0 Å². The molecule has 168 valence electrons. The fourth-order valence-electron chi connectivity index (χ4n) is 2.71. The van der Waals surface area contributed by atoms with Crippen molar-refractivity contribution in [2.24, 2.45) is 5.73 Å². The summed E-state index contributed by atoms with van der Waals surface area (Å²) in [6, 6.07) is 5.34. The highest BCUT2D eigenvalue weighted by molar-refractivity contribution is 7.18. The van der Waals surface area contributed by atoms with E-state index in [0.29, 0.717) is 11.3 Å². The Morgan fingerprint density at radius 2 is 2.06 bits per heavy atom. The minimum Gasteiger partial charge on any atom is -0.471 e. The number of amides is 2. The van der Waals surface area contributed by atoms with Crippen LogP contribution in [0.2, 0.25) is 5.02 Å². The lowest BCUT2D eigenvalue weighted by Gasteiger charge is -2.07. The average Bonchev–Trinajstić information content (AvgIpc) is 3.34. The van der Waals surface area contributed by atoms with E-state index < -0.39 is 23.6 Å². The Kier molecular flexibility index (Phi) is 7.11. The number of hydrogen-bond donors (Lipinski definition) is 2. The molecule has 2 aromatic heterocycles. The van der Waals surface area contributed by atoms with E-state index in [0.717, 1.165) is 11.3 Å². The number of nitrogens with one attached hydrogen (secondary N) is 1. The average molecular weight is 481 g/mol. The van der Waals surface area contributed by atoms with Crippen LogP contribution in [0.25, 0.3) is 0 Å². The number of ether oxygens (including phenoxy) is 2. The molecule has 0 atom stereocenters. The number of benzene rings is 1. The summed E-state index contributed by atoms with van der Waals surface area (Å²) in [6.45, 7) is 3.25. The molecule has 0 aliphatic rings. The molecular weight excluding hydrogens is 463 g/mol. The maximum Gasteiger partial charge on any atom is 0.341 e. The third-order valence-electron chi connectivity index (χ3n) is 4.21. The van der Waals surface area contributed by atoms with Crippen molar-refractivity contribution >= 4 is 45.7 Å². The summed E-state index contributed by atoms with van der Waals surface area (Å²) in [5, 5.41) is 6.73. The van der Waals surface area contributed by atoms with E-state index in [1.165, 1.54) is 35.1 Å². The molecule has 1 aromatic carbocycles. The van der Waals surface area contributed by atoms with Crippen LogP contribution in [0.4, 0.5) is 9.39 Å². The Bertz CT molecular complexity index is 1190. The van der Waals surface area contributed by atoms with E-state index in [1.807, 2.05) is 0 Å². The van der Waals surface area contributed by atoms with Crippen LogP contribution in [0.15, 0.2) is 30.5 Å². The van der Waals surface area contributed by atoms with Crippen molar-refractivity contribution in [2.45, 2.75) is 20.6 Å². The van der Waals surface area contributed by atoms with Gasteiger partial charge in [0.1, 0.15) is 16.6 Å². The maximum atomic E-state index is 13.2. The molecule has 3 aromatic rings. The summed E-state index contributed by atoms with van der Waals surface area (Å²) in [5.41, 5.74) is 5.79. The highest BCUT2D eigenvalue weighted by Crippen LogP contribution is 2.33. The number of rotatable bonds is 8. The second-order valence-electron chi connectivity index (χ2n) is 6.39. The molecule has 0 aliphatic carbocycles. The van der Waals surface area contributed by atoms with Crippen LogP contribution in [0.5, 0.6) is 5.75 Å². The molecule has 0 aliphatic heterocycles. The van der Waals surface area contributed by atoms with Crippen molar-refractivity contribution in [2.75, 3.05) is 11.9 Å². The fraction of sp³-hybridized carbons (Fsp3) is 0.200. The number of halogens is 2. The van der Waals surface area contributed by atoms with Gasteiger partial charge in [-0.2, -0.15) is 5.10 Å². The normalized spacial score (nSPS) is 10.6. The van der Waals surface area contributed by atoms with Gasteiger partial charge in [0, 0.05) is 12.3 Å². The van der Waals surface area contributed by atoms with Crippen LogP contribution < -0.4 is 15.8 Å². The van der Waals surface area contributed by atoms with Crippen molar-refractivity contribution < 1.29 is 28.2 Å². The van der Waals surface area contributed by atoms with Crippen LogP contribution in [-0.2, 0) is 11.5 Å². The van der Waals surface area contributed by atoms with E-state index in [4.69, 9.17) is 26.8 Å². The molecular formula is C20H18ClFN4O5S. The van der Waals surface area contributed by atoms with Gasteiger partial charge in [0.25, 0.3) is 11.8 Å². The van der Waals surface area contributed by atoms with Crippen molar-refractivity contribution in [1.82, 2.24) is 9.78 Å². The first-order valence-corrected chi connectivity index (χ1v) is 10.4. The lowest BCUT2D eigenvalue weighted by atomic mass is 10.1. The first-order valence-electron chi connectivity index (χ1n) is 9.24. The highest BCUT2D eigenvalue weighted by atomic mass is 35.5. The third-order valence-corrected chi connectivity index (χ3v) is 5.72. The molecule has 0 radical (unpaired) electrons. The highest BCUT2D eigenvalue weighted by Gasteiger charge is 2.26. The van der Waals surface area contributed by atoms with Gasteiger partial charge in [0.05, 0.1) is 22.1 Å². The third kappa shape index (κ3) is 5.06. The van der Waals surface area contributed by atoms with E-state index in [-0.39, 0.29) is 39.5 Å². The lowest BCUT2D eigenvalue weighted by Crippen LogP contribution is -2.16. The predicted octanol–water partition coefficient (Wildman–Crippen LogP) is 3.61. The van der Waals surface area contributed by atoms with Crippen LogP contribution >= 0.6 is 22.9 Å². The van der Waals surface area contributed by atoms with Crippen molar-refractivity contribution in [3.63, 3.8) is 0 Å². The largest absolute Gasteiger partial charge is 0.471 e. The van der Waals surface area contributed by atoms with Gasteiger partial charge in [-0.1, -0.05) is 11.6 Å². The first-order chi connectivity index (χ1) is 15.2. The monoisotopic (exact) mass is 480 g/mol. The summed E-state index contributed by atoms with van der Waals surface area (Å²) < 4.78 is 25.1. The number of aromatic nitrogens is 2. The molecule has 0 saturated heterocycles. The van der Waals surface area contributed by atoms with Crippen LogP contribution in [0, 0.1) is 12.7 Å². The Morgan fingerprint density at radius 1 is 1.31 bits per heavy atom. The number of nitrogens with two attached hydrogens (primary N) is 1. The fourth-order valence-corrected chi connectivity index (χ4v) is 3.93.